The number of nitriles is 1. The highest BCUT2D eigenvalue weighted by molar-refractivity contribution is 8.05. The van der Waals surface area contributed by atoms with E-state index in [0.29, 0.717) is 19.3 Å². The Bertz CT molecular complexity index is 829. The lowest BCUT2D eigenvalue weighted by Crippen LogP contribution is -2.66. The Morgan fingerprint density at radius 2 is 1.96 bits per heavy atom. The van der Waals surface area contributed by atoms with Gasteiger partial charge in [-0.25, -0.2) is 0 Å². The number of carbonyl (C=O) groups excluding carboxylic acids is 3. The number of thioether (sulfide) groups is 1. The fourth-order valence-electron chi connectivity index (χ4n) is 6.98. The molecule has 3 saturated carbocycles. The van der Waals surface area contributed by atoms with Crippen molar-refractivity contribution in [2.75, 3.05) is 0 Å². The molecule has 0 aromatic heterocycles. The molecule has 0 unspecified atom stereocenters. The van der Waals surface area contributed by atoms with E-state index in [9.17, 15) is 19.6 Å². The SMILES string of the molecule is CC(=O)O[C@H]1CC[C@H]2[C@@H]3CCC4=CC(=O)CC[C@]4(C)[C@@]3(SC#N)C(=O)C[C@]12C. The van der Waals surface area contributed by atoms with Crippen molar-refractivity contribution >= 4 is 29.3 Å². The minimum absolute atomic E-state index is 0.0688. The van der Waals surface area contributed by atoms with Gasteiger partial charge in [-0.2, -0.15) is 5.26 Å². The van der Waals surface area contributed by atoms with Crippen LogP contribution in [0.1, 0.15) is 65.7 Å². The summed E-state index contributed by atoms with van der Waals surface area (Å²) in [6.07, 6.45) is 6.21. The lowest BCUT2D eigenvalue weighted by atomic mass is 9.46. The van der Waals surface area contributed by atoms with Crippen LogP contribution in [0.4, 0.5) is 0 Å². The fourth-order valence-corrected chi connectivity index (χ4v) is 8.20. The van der Waals surface area contributed by atoms with Gasteiger partial charge < -0.3 is 4.74 Å². The number of allylic oxidation sites excluding steroid dienone is 1. The van der Waals surface area contributed by atoms with Gasteiger partial charge in [0.1, 0.15) is 16.3 Å². The van der Waals surface area contributed by atoms with Crippen molar-refractivity contribution in [1.82, 2.24) is 0 Å². The molecule has 0 bridgehead atoms. The van der Waals surface area contributed by atoms with E-state index >= 15 is 0 Å². The molecule has 0 radical (unpaired) electrons. The van der Waals surface area contributed by atoms with Crippen LogP contribution in [0.2, 0.25) is 0 Å². The molecule has 0 amide bonds. The molecular weight excluding hydrogens is 374 g/mol. The molecule has 6 heteroatoms. The molecule has 0 spiro atoms. The predicted octanol–water partition coefficient (Wildman–Crippen LogP) is 3.97. The van der Waals surface area contributed by atoms with E-state index in [1.807, 2.05) is 0 Å². The minimum atomic E-state index is -0.804. The number of thiocyanates is 1. The van der Waals surface area contributed by atoms with Crippen molar-refractivity contribution in [3.05, 3.63) is 11.6 Å². The van der Waals surface area contributed by atoms with Crippen LogP contribution in [-0.2, 0) is 19.1 Å². The number of Topliss-reactive ketones (excluding diaryl/α,β-unsaturated/α-hetero) is 1. The van der Waals surface area contributed by atoms with Gasteiger partial charge in [0.25, 0.3) is 0 Å². The number of ketones is 2. The summed E-state index contributed by atoms with van der Waals surface area (Å²) >= 11 is 1.14. The normalized spacial score (nSPS) is 44.6. The second-order valence-electron chi connectivity index (χ2n) is 9.43. The minimum Gasteiger partial charge on any atom is -0.462 e. The molecule has 0 N–H and O–H groups in total. The van der Waals surface area contributed by atoms with Gasteiger partial charge in [0.15, 0.2) is 11.6 Å². The molecule has 0 aliphatic heterocycles. The number of rotatable bonds is 2. The summed E-state index contributed by atoms with van der Waals surface area (Å²) in [5, 5.41) is 12.0. The van der Waals surface area contributed by atoms with Crippen molar-refractivity contribution in [1.29, 1.82) is 5.26 Å². The molecule has 4 rings (SSSR count). The van der Waals surface area contributed by atoms with Crippen LogP contribution in [0.25, 0.3) is 0 Å². The maximum absolute atomic E-state index is 13.8. The zero-order valence-electron chi connectivity index (χ0n) is 16.7. The summed E-state index contributed by atoms with van der Waals surface area (Å²) in [6.45, 7) is 5.62. The number of fused-ring (bicyclic) bond motifs is 5. The number of carbonyl (C=O) groups is 3. The van der Waals surface area contributed by atoms with Crippen LogP contribution in [0.5, 0.6) is 0 Å². The second-order valence-corrected chi connectivity index (χ2v) is 10.5. The summed E-state index contributed by atoms with van der Waals surface area (Å²) in [6, 6.07) is 0. The fraction of sp³-hybridized carbons (Fsp3) is 0.727. The average Bonchev–Trinajstić information content (AvgIpc) is 2.92. The number of hydrogen-bond donors (Lipinski definition) is 0. The lowest BCUT2D eigenvalue weighted by molar-refractivity contribution is -0.161. The first-order chi connectivity index (χ1) is 13.2. The quantitative estimate of drug-likeness (QED) is 0.514. The van der Waals surface area contributed by atoms with Gasteiger partial charge in [-0.3, -0.25) is 14.4 Å². The maximum atomic E-state index is 13.8. The van der Waals surface area contributed by atoms with E-state index in [1.165, 1.54) is 6.92 Å². The number of hydrogen-bond acceptors (Lipinski definition) is 6. The van der Waals surface area contributed by atoms with Crippen molar-refractivity contribution in [2.45, 2.75) is 76.6 Å². The standard InChI is InChI=1S/C22H27NO4S/c1-13(24)27-19-7-6-16-17-5-4-14-10-15(25)8-9-21(14,3)22(17,28-12-23)18(26)11-20(16,19)2/h10,16-17,19H,4-9,11H2,1-3H3/t16-,17-,19-,20-,21-,22-/m0/s1. The van der Waals surface area contributed by atoms with Crippen LogP contribution in [0.15, 0.2) is 11.6 Å². The van der Waals surface area contributed by atoms with Crippen LogP contribution in [-0.4, -0.2) is 28.4 Å². The molecule has 4 aliphatic carbocycles. The highest BCUT2D eigenvalue weighted by atomic mass is 32.2. The van der Waals surface area contributed by atoms with Crippen LogP contribution in [0, 0.1) is 33.3 Å². The maximum Gasteiger partial charge on any atom is 0.302 e. The molecule has 4 aliphatic rings. The van der Waals surface area contributed by atoms with Gasteiger partial charge in [-0.05, 0) is 61.8 Å². The lowest BCUT2D eigenvalue weighted by Gasteiger charge is -2.62. The van der Waals surface area contributed by atoms with Gasteiger partial charge in [0, 0.05) is 30.6 Å². The third kappa shape index (κ3) is 2.41. The molecule has 150 valence electrons. The molecule has 6 atom stereocenters. The summed E-state index contributed by atoms with van der Waals surface area (Å²) in [5.74, 6) is 0.246. The van der Waals surface area contributed by atoms with E-state index in [-0.39, 0.29) is 40.9 Å². The topological polar surface area (TPSA) is 84.2 Å². The Labute approximate surface area is 170 Å². The van der Waals surface area contributed by atoms with Gasteiger partial charge in [0.2, 0.25) is 0 Å². The van der Waals surface area contributed by atoms with E-state index in [2.05, 4.69) is 19.2 Å². The third-order valence-electron chi connectivity index (χ3n) is 8.26. The van der Waals surface area contributed by atoms with Crippen LogP contribution in [0.3, 0.4) is 0 Å². The summed E-state index contributed by atoms with van der Waals surface area (Å²) < 4.78 is 4.83. The Hall–Kier alpha value is -1.61. The smallest absolute Gasteiger partial charge is 0.302 e. The van der Waals surface area contributed by atoms with Crippen molar-refractivity contribution in [3.63, 3.8) is 0 Å². The second kappa shape index (κ2) is 6.45. The Balaban J connectivity index is 1.82. The third-order valence-corrected chi connectivity index (χ3v) is 9.65. The Kier molecular flexibility index (Phi) is 4.54. The largest absolute Gasteiger partial charge is 0.462 e. The molecule has 0 aromatic carbocycles. The molecule has 3 fully saturated rings. The number of ether oxygens (including phenoxy) is 1. The van der Waals surface area contributed by atoms with Gasteiger partial charge in [0.05, 0.1) is 0 Å². The molecule has 0 heterocycles. The van der Waals surface area contributed by atoms with E-state index in [4.69, 9.17) is 4.74 Å². The monoisotopic (exact) mass is 401 g/mol. The zero-order valence-corrected chi connectivity index (χ0v) is 17.6. The Morgan fingerprint density at radius 3 is 2.64 bits per heavy atom. The molecule has 5 nitrogen and oxygen atoms in total. The summed E-state index contributed by atoms with van der Waals surface area (Å²) in [4.78, 5) is 37.5. The first-order valence-corrected chi connectivity index (χ1v) is 11.0. The Morgan fingerprint density at radius 1 is 1.21 bits per heavy atom. The highest BCUT2D eigenvalue weighted by Gasteiger charge is 2.71. The zero-order chi connectivity index (χ0) is 20.3. The summed E-state index contributed by atoms with van der Waals surface area (Å²) in [5.41, 5.74) is 0.228. The first-order valence-electron chi connectivity index (χ1n) is 10.2. The van der Waals surface area contributed by atoms with Crippen molar-refractivity contribution in [2.24, 2.45) is 22.7 Å². The molecule has 0 aromatic rings. The molecular formula is C22H27NO4S. The first kappa shape index (κ1) is 19.7. The van der Waals surface area contributed by atoms with Gasteiger partial charge in [-0.1, -0.05) is 19.4 Å². The van der Waals surface area contributed by atoms with Crippen LogP contribution >= 0.6 is 11.8 Å². The molecule has 0 saturated heterocycles. The average molecular weight is 402 g/mol. The van der Waals surface area contributed by atoms with E-state index < -0.39 is 10.2 Å². The number of esters is 1. The summed E-state index contributed by atoms with van der Waals surface area (Å²) in [7, 11) is 0. The van der Waals surface area contributed by atoms with Crippen LogP contribution < -0.4 is 0 Å². The molecule has 28 heavy (non-hydrogen) atoms. The van der Waals surface area contributed by atoms with Crippen molar-refractivity contribution < 1.29 is 19.1 Å². The number of nitrogens with zero attached hydrogens (tertiary/aromatic N) is 1. The highest BCUT2D eigenvalue weighted by Crippen LogP contribution is 2.70. The van der Waals surface area contributed by atoms with Gasteiger partial charge in [-0.15, -0.1) is 0 Å². The van der Waals surface area contributed by atoms with E-state index in [0.717, 1.165) is 43.0 Å². The predicted molar refractivity (Wildman–Crippen MR) is 105 cm³/mol. The van der Waals surface area contributed by atoms with E-state index in [1.54, 1.807) is 6.08 Å². The van der Waals surface area contributed by atoms with Crippen molar-refractivity contribution in [3.8, 4) is 5.40 Å². The van der Waals surface area contributed by atoms with Gasteiger partial charge >= 0.3 is 5.97 Å².